The molecule has 0 atom stereocenters. The lowest BCUT2D eigenvalue weighted by Gasteiger charge is -2.13. The van der Waals surface area contributed by atoms with Crippen LogP contribution in [0.3, 0.4) is 0 Å². The van der Waals surface area contributed by atoms with Gasteiger partial charge in [0.2, 0.25) is 0 Å². The van der Waals surface area contributed by atoms with Crippen LogP contribution < -0.4 is 4.74 Å². The van der Waals surface area contributed by atoms with Crippen LogP contribution in [0.1, 0.15) is 6.92 Å². The second kappa shape index (κ2) is 5.44. The summed E-state index contributed by atoms with van der Waals surface area (Å²) in [5.41, 5.74) is 0.571. The molecular weight excluding hydrogens is 324 g/mol. The largest absolute Gasteiger partial charge is 0.433 e. The number of hydrogen-bond donors (Lipinski definition) is 1. The van der Waals surface area contributed by atoms with Crippen molar-refractivity contribution in [3.8, 4) is 17.1 Å². The maximum Gasteiger partial charge on any atom is 0.394 e. The van der Waals surface area contributed by atoms with Gasteiger partial charge in [-0.25, -0.2) is 4.98 Å². The van der Waals surface area contributed by atoms with Crippen molar-refractivity contribution in [2.75, 3.05) is 0 Å². The van der Waals surface area contributed by atoms with Gasteiger partial charge in [-0.15, -0.1) is 0 Å². The van der Waals surface area contributed by atoms with Crippen molar-refractivity contribution in [3.05, 3.63) is 52.6 Å². The molecule has 1 N–H and O–H groups in total. The van der Waals surface area contributed by atoms with Crippen molar-refractivity contribution >= 4 is 16.7 Å². The molecule has 3 rings (SSSR count). The molecule has 3 aromatic rings. The Balaban J connectivity index is 2.08. The van der Waals surface area contributed by atoms with Crippen LogP contribution in [-0.2, 0) is 0 Å². The number of ether oxygens (including phenoxy) is 1. The highest BCUT2D eigenvalue weighted by Gasteiger charge is 2.23. The Bertz CT molecular complexity index is 934. The molecule has 2 aromatic carbocycles. The number of imidazole rings is 1. The fraction of sp³-hybridized carbons (Fsp3) is 0.133. The third-order valence-electron chi connectivity index (χ3n) is 3.21. The number of nitro benzene ring substituents is 1. The van der Waals surface area contributed by atoms with E-state index in [1.807, 2.05) is 0 Å². The van der Waals surface area contributed by atoms with Crippen LogP contribution in [0.5, 0.6) is 5.75 Å². The smallest absolute Gasteiger partial charge is 0.394 e. The number of halogens is 2. The number of rotatable bonds is 4. The fourth-order valence-electron chi connectivity index (χ4n) is 2.26. The first-order valence-electron chi connectivity index (χ1n) is 6.78. The highest BCUT2D eigenvalue weighted by atomic mass is 19.3. The topological polar surface area (TPSA) is 90.4 Å². The van der Waals surface area contributed by atoms with E-state index in [1.54, 1.807) is 6.07 Å². The van der Waals surface area contributed by atoms with E-state index in [1.165, 1.54) is 36.4 Å². The summed E-state index contributed by atoms with van der Waals surface area (Å²) in [6.45, 7) is 0.611. The highest BCUT2D eigenvalue weighted by Crippen LogP contribution is 2.29. The standard InChI is InChI=1S/C15H11F2N3O4/c1-15(16,17)24-11-4-2-3-9(7-11)14-18-12-6-5-10(20(22)23)8-13(12)19(14)21/h2-8,21H,1H3. The van der Waals surface area contributed by atoms with Gasteiger partial charge >= 0.3 is 6.11 Å². The second-order valence-corrected chi connectivity index (χ2v) is 5.12. The van der Waals surface area contributed by atoms with Crippen LogP contribution in [0.2, 0.25) is 0 Å². The first-order valence-corrected chi connectivity index (χ1v) is 6.78. The lowest BCUT2D eigenvalue weighted by atomic mass is 10.2. The minimum atomic E-state index is -3.35. The number of nitro groups is 1. The Morgan fingerprint density at radius 2 is 2.04 bits per heavy atom. The van der Waals surface area contributed by atoms with E-state index >= 15 is 0 Å². The molecule has 7 nitrogen and oxygen atoms in total. The van der Waals surface area contributed by atoms with Gasteiger partial charge in [0, 0.05) is 24.6 Å². The number of aromatic nitrogens is 2. The van der Waals surface area contributed by atoms with E-state index in [9.17, 15) is 24.1 Å². The molecule has 0 aliphatic carbocycles. The van der Waals surface area contributed by atoms with Crippen molar-refractivity contribution in [2.45, 2.75) is 13.0 Å². The fourth-order valence-corrected chi connectivity index (χ4v) is 2.26. The molecule has 1 aromatic heterocycles. The predicted octanol–water partition coefficient (Wildman–Crippen LogP) is 3.84. The third-order valence-corrected chi connectivity index (χ3v) is 3.21. The molecule has 9 heteroatoms. The van der Waals surface area contributed by atoms with E-state index in [0.717, 1.165) is 0 Å². The van der Waals surface area contributed by atoms with Crippen molar-refractivity contribution in [1.29, 1.82) is 0 Å². The minimum Gasteiger partial charge on any atom is -0.433 e. The van der Waals surface area contributed by atoms with Crippen LogP contribution in [-0.4, -0.2) is 26.0 Å². The highest BCUT2D eigenvalue weighted by molar-refractivity contribution is 5.82. The van der Waals surface area contributed by atoms with Gasteiger partial charge in [-0.05, 0) is 18.2 Å². The Kier molecular flexibility index (Phi) is 3.55. The Morgan fingerprint density at radius 1 is 1.29 bits per heavy atom. The number of fused-ring (bicyclic) bond motifs is 1. The summed E-state index contributed by atoms with van der Waals surface area (Å²) in [5.74, 6) is -0.0478. The van der Waals surface area contributed by atoms with Crippen molar-refractivity contribution in [3.63, 3.8) is 0 Å². The second-order valence-electron chi connectivity index (χ2n) is 5.12. The van der Waals surface area contributed by atoms with Crippen LogP contribution in [0.25, 0.3) is 22.4 Å². The lowest BCUT2D eigenvalue weighted by molar-refractivity contribution is -0.384. The first-order chi connectivity index (χ1) is 11.2. The Labute approximate surface area is 133 Å². The maximum atomic E-state index is 13.0. The van der Waals surface area contributed by atoms with Crippen molar-refractivity contribution in [2.24, 2.45) is 0 Å². The minimum absolute atomic E-state index is 0.0513. The van der Waals surface area contributed by atoms with Gasteiger partial charge in [-0.2, -0.15) is 13.5 Å². The van der Waals surface area contributed by atoms with E-state index in [0.29, 0.717) is 22.7 Å². The molecule has 0 saturated heterocycles. The van der Waals surface area contributed by atoms with Crippen LogP contribution in [0.4, 0.5) is 14.5 Å². The van der Waals surface area contributed by atoms with E-state index in [-0.39, 0.29) is 22.8 Å². The van der Waals surface area contributed by atoms with Crippen LogP contribution in [0.15, 0.2) is 42.5 Å². The maximum absolute atomic E-state index is 13.0. The number of benzene rings is 2. The average Bonchev–Trinajstić information content (AvgIpc) is 2.82. The van der Waals surface area contributed by atoms with E-state index in [4.69, 9.17) is 0 Å². The molecular formula is C15H11F2N3O4. The van der Waals surface area contributed by atoms with Gasteiger partial charge in [0.1, 0.15) is 11.3 Å². The summed E-state index contributed by atoms with van der Waals surface area (Å²) in [4.78, 5) is 14.4. The van der Waals surface area contributed by atoms with Gasteiger partial charge in [-0.3, -0.25) is 10.1 Å². The molecule has 1 heterocycles. The molecule has 124 valence electrons. The zero-order valence-electron chi connectivity index (χ0n) is 12.3. The molecule has 0 radical (unpaired) electrons. The monoisotopic (exact) mass is 335 g/mol. The molecule has 0 unspecified atom stereocenters. The zero-order chi connectivity index (χ0) is 17.5. The average molecular weight is 335 g/mol. The quantitative estimate of drug-likeness (QED) is 0.444. The SMILES string of the molecule is CC(F)(F)Oc1cccc(-c2nc3ccc([N+](=O)[O-])cc3n2O)c1. The number of hydrogen-bond acceptors (Lipinski definition) is 5. The molecule has 0 spiro atoms. The number of nitrogens with zero attached hydrogens (tertiary/aromatic N) is 3. The molecule has 0 amide bonds. The predicted molar refractivity (Wildman–Crippen MR) is 80.3 cm³/mol. The summed E-state index contributed by atoms with van der Waals surface area (Å²) in [6, 6.07) is 9.48. The van der Waals surface area contributed by atoms with Crippen LogP contribution in [0, 0.1) is 10.1 Å². The molecule has 0 aliphatic rings. The summed E-state index contributed by atoms with van der Waals surface area (Å²) in [6.07, 6.45) is -3.35. The summed E-state index contributed by atoms with van der Waals surface area (Å²) in [7, 11) is 0. The molecule has 0 fully saturated rings. The Morgan fingerprint density at radius 3 is 2.71 bits per heavy atom. The summed E-state index contributed by atoms with van der Waals surface area (Å²) >= 11 is 0. The van der Waals surface area contributed by atoms with Crippen LogP contribution >= 0.6 is 0 Å². The Hall–Kier alpha value is -3.23. The van der Waals surface area contributed by atoms with E-state index < -0.39 is 11.0 Å². The molecule has 0 aliphatic heterocycles. The number of alkyl halides is 2. The molecule has 0 bridgehead atoms. The van der Waals surface area contributed by atoms with Gasteiger partial charge in [0.25, 0.3) is 5.69 Å². The number of non-ortho nitro benzene ring substituents is 1. The van der Waals surface area contributed by atoms with Gasteiger partial charge in [0.15, 0.2) is 5.82 Å². The molecule has 0 saturated carbocycles. The summed E-state index contributed by atoms with van der Waals surface area (Å²) < 4.78 is 31.1. The normalized spacial score (nSPS) is 11.6. The zero-order valence-corrected chi connectivity index (χ0v) is 12.3. The van der Waals surface area contributed by atoms with Crippen molar-refractivity contribution < 1.29 is 23.6 Å². The third kappa shape index (κ3) is 2.96. The first kappa shape index (κ1) is 15.7. The van der Waals surface area contributed by atoms with Gasteiger partial charge in [-0.1, -0.05) is 12.1 Å². The van der Waals surface area contributed by atoms with Crippen molar-refractivity contribution in [1.82, 2.24) is 9.71 Å². The van der Waals surface area contributed by atoms with E-state index in [2.05, 4.69) is 9.72 Å². The van der Waals surface area contributed by atoms with Gasteiger partial charge in [0.05, 0.1) is 10.4 Å². The summed E-state index contributed by atoms with van der Waals surface area (Å²) in [5, 5.41) is 21.0. The lowest BCUT2D eigenvalue weighted by Crippen LogP contribution is -2.19. The van der Waals surface area contributed by atoms with Gasteiger partial charge < -0.3 is 9.94 Å². The molecule has 24 heavy (non-hydrogen) atoms.